The molecule has 5 atom stereocenters. The Kier molecular flexibility index (Phi) is 7.61. The highest BCUT2D eigenvalue weighted by Gasteiger charge is 2.50. The van der Waals surface area contributed by atoms with Gasteiger partial charge in [-0.25, -0.2) is 0 Å². The van der Waals surface area contributed by atoms with Crippen LogP contribution < -0.4 is 0 Å². The van der Waals surface area contributed by atoms with E-state index < -0.39 is 12.8 Å². The molecule has 1 saturated heterocycles. The Morgan fingerprint density at radius 3 is 2.06 bits per heavy atom. The number of ether oxygens (including phenoxy) is 3. The van der Waals surface area contributed by atoms with Crippen LogP contribution in [0.3, 0.4) is 0 Å². The van der Waals surface area contributed by atoms with Crippen molar-refractivity contribution >= 4 is 16.9 Å². The van der Waals surface area contributed by atoms with Crippen LogP contribution in [0.25, 0.3) is 0 Å². The van der Waals surface area contributed by atoms with Gasteiger partial charge in [0.25, 0.3) is 0 Å². The minimum Gasteiger partial charge on any atom is -0.368 e. The average Bonchev–Trinajstić information content (AvgIpc) is 3.22. The van der Waals surface area contributed by atoms with E-state index in [9.17, 15) is 4.39 Å². The van der Waals surface area contributed by atoms with Crippen molar-refractivity contribution in [3.63, 3.8) is 0 Å². The van der Waals surface area contributed by atoms with Crippen LogP contribution >= 0.6 is 11.8 Å². The maximum atomic E-state index is 13.4. The molecule has 0 radical (unpaired) electrons. The molecule has 2 aliphatic rings. The summed E-state index contributed by atoms with van der Waals surface area (Å²) in [6, 6.07) is 19.8. The van der Waals surface area contributed by atoms with Gasteiger partial charge in [0.1, 0.15) is 23.7 Å². The van der Waals surface area contributed by atoms with Crippen LogP contribution in [0.1, 0.15) is 17.5 Å². The number of nitrogens with zero attached hydrogens (tertiary/aromatic N) is 2. The predicted octanol–water partition coefficient (Wildman–Crippen LogP) is 4.27. The molecule has 1 fully saturated rings. The average molecular weight is 445 g/mol. The quantitative estimate of drug-likeness (QED) is 0.608. The summed E-state index contributed by atoms with van der Waals surface area (Å²) in [7, 11) is 3.93. The molecule has 166 valence electrons. The molecule has 4 rings (SSSR count). The van der Waals surface area contributed by atoms with E-state index in [4.69, 9.17) is 19.2 Å². The third-order valence-electron chi connectivity index (χ3n) is 5.44. The summed E-state index contributed by atoms with van der Waals surface area (Å²) in [6.45, 7) is 0.391. The molecule has 0 saturated carbocycles. The van der Waals surface area contributed by atoms with E-state index in [1.54, 1.807) is 11.8 Å². The number of amidine groups is 1. The SMILES string of the molecule is CN(C)C1=NC2C(OC(CCF)C(OCc3ccccc3)C2OCc2ccccc2)S1. The van der Waals surface area contributed by atoms with Gasteiger partial charge in [-0.2, -0.15) is 0 Å². The molecule has 0 aliphatic carbocycles. The van der Waals surface area contributed by atoms with Crippen molar-refractivity contribution in [3.8, 4) is 0 Å². The summed E-state index contributed by atoms with van der Waals surface area (Å²) in [5, 5.41) is 0.894. The topological polar surface area (TPSA) is 43.3 Å². The van der Waals surface area contributed by atoms with Crippen LogP contribution in [0.5, 0.6) is 0 Å². The van der Waals surface area contributed by atoms with Crippen LogP contribution in [0.4, 0.5) is 4.39 Å². The smallest absolute Gasteiger partial charge is 0.161 e. The molecule has 5 nitrogen and oxygen atoms in total. The number of hydrogen-bond donors (Lipinski definition) is 0. The zero-order valence-electron chi connectivity index (χ0n) is 17.9. The van der Waals surface area contributed by atoms with Gasteiger partial charge in [0.2, 0.25) is 0 Å². The van der Waals surface area contributed by atoms with Crippen molar-refractivity contribution in [3.05, 3.63) is 71.8 Å². The van der Waals surface area contributed by atoms with Crippen molar-refractivity contribution in [2.75, 3.05) is 20.8 Å². The van der Waals surface area contributed by atoms with Gasteiger partial charge in [0.15, 0.2) is 5.17 Å². The van der Waals surface area contributed by atoms with Crippen LogP contribution in [0.2, 0.25) is 0 Å². The number of rotatable bonds is 8. The highest BCUT2D eigenvalue weighted by molar-refractivity contribution is 8.14. The summed E-state index contributed by atoms with van der Waals surface area (Å²) in [4.78, 5) is 6.86. The van der Waals surface area contributed by atoms with Crippen LogP contribution in [0, 0.1) is 0 Å². The van der Waals surface area contributed by atoms with E-state index in [0.29, 0.717) is 13.2 Å². The molecule has 0 N–H and O–H groups in total. The minimum absolute atomic E-state index is 0.203. The summed E-state index contributed by atoms with van der Waals surface area (Å²) >= 11 is 1.57. The largest absolute Gasteiger partial charge is 0.368 e. The summed E-state index contributed by atoms with van der Waals surface area (Å²) in [5.74, 6) is 0. The molecule has 2 aromatic rings. The number of thioether (sulfide) groups is 1. The predicted molar refractivity (Wildman–Crippen MR) is 122 cm³/mol. The summed E-state index contributed by atoms with van der Waals surface area (Å²) < 4.78 is 32.5. The molecule has 5 unspecified atom stereocenters. The highest BCUT2D eigenvalue weighted by Crippen LogP contribution is 2.40. The molecule has 0 spiro atoms. The number of fused-ring (bicyclic) bond motifs is 1. The molecular formula is C24H29FN2O3S. The second-order valence-corrected chi connectivity index (χ2v) is 9.02. The normalized spacial score (nSPS) is 27.6. The lowest BCUT2D eigenvalue weighted by atomic mass is 9.95. The number of halogens is 1. The van der Waals surface area contributed by atoms with Crippen molar-refractivity contribution in [2.45, 2.75) is 49.4 Å². The lowest BCUT2D eigenvalue weighted by Crippen LogP contribution is -2.56. The number of alkyl halides is 1. The molecule has 0 aromatic heterocycles. The first-order chi connectivity index (χ1) is 15.2. The Labute approximate surface area is 187 Å². The van der Waals surface area contributed by atoms with E-state index >= 15 is 0 Å². The molecule has 7 heteroatoms. The van der Waals surface area contributed by atoms with Crippen molar-refractivity contribution in [1.82, 2.24) is 4.90 Å². The molecule has 2 aliphatic heterocycles. The Hall–Kier alpha value is -1.93. The van der Waals surface area contributed by atoms with Gasteiger partial charge in [0, 0.05) is 20.5 Å². The number of benzene rings is 2. The van der Waals surface area contributed by atoms with E-state index in [1.807, 2.05) is 79.7 Å². The van der Waals surface area contributed by atoms with E-state index in [1.165, 1.54) is 0 Å². The second kappa shape index (κ2) is 10.6. The fraction of sp³-hybridized carbons (Fsp3) is 0.458. The van der Waals surface area contributed by atoms with Crippen LogP contribution in [0.15, 0.2) is 65.7 Å². The zero-order valence-corrected chi connectivity index (χ0v) is 18.7. The van der Waals surface area contributed by atoms with E-state index in [0.717, 1.165) is 16.3 Å². The van der Waals surface area contributed by atoms with Crippen molar-refractivity contribution in [1.29, 1.82) is 0 Å². The molecule has 2 heterocycles. The minimum atomic E-state index is -0.468. The molecule has 0 bridgehead atoms. The van der Waals surface area contributed by atoms with Gasteiger partial charge in [-0.1, -0.05) is 72.4 Å². The van der Waals surface area contributed by atoms with Crippen molar-refractivity contribution in [2.24, 2.45) is 4.99 Å². The molecular weight excluding hydrogens is 415 g/mol. The fourth-order valence-corrected chi connectivity index (χ4v) is 5.03. The van der Waals surface area contributed by atoms with Gasteiger partial charge in [-0.3, -0.25) is 9.38 Å². The van der Waals surface area contributed by atoms with Gasteiger partial charge >= 0.3 is 0 Å². The first kappa shape index (κ1) is 22.3. The zero-order chi connectivity index (χ0) is 21.6. The highest BCUT2D eigenvalue weighted by atomic mass is 32.2. The third kappa shape index (κ3) is 5.47. The lowest BCUT2D eigenvalue weighted by molar-refractivity contribution is -0.199. The maximum Gasteiger partial charge on any atom is 0.161 e. The Morgan fingerprint density at radius 1 is 0.935 bits per heavy atom. The Morgan fingerprint density at radius 2 is 1.52 bits per heavy atom. The summed E-state index contributed by atoms with van der Waals surface area (Å²) in [6.07, 6.45) is -0.859. The van der Waals surface area contributed by atoms with Gasteiger partial charge in [-0.05, 0) is 11.1 Å². The molecule has 31 heavy (non-hydrogen) atoms. The Bertz CT molecular complexity index is 852. The number of aliphatic imine (C=N–C) groups is 1. The first-order valence-electron chi connectivity index (χ1n) is 10.6. The van der Waals surface area contributed by atoms with E-state index in [-0.39, 0.29) is 30.1 Å². The summed E-state index contributed by atoms with van der Waals surface area (Å²) in [5.41, 5.74) is 1.94. The van der Waals surface area contributed by atoms with E-state index in [2.05, 4.69) is 0 Å². The van der Waals surface area contributed by atoms with Gasteiger partial charge < -0.3 is 19.1 Å². The second-order valence-electron chi connectivity index (χ2n) is 7.96. The first-order valence-corrected chi connectivity index (χ1v) is 11.5. The number of hydrogen-bond acceptors (Lipinski definition) is 6. The maximum absolute atomic E-state index is 13.4. The molecule has 2 aromatic carbocycles. The standard InChI is InChI=1S/C24H29FN2O3S/c1-27(2)24-26-20-22(29-16-18-11-7-4-8-12-18)21(19(13-14-25)30-23(20)31-24)28-15-17-9-5-3-6-10-17/h3-12,19-23H,13-16H2,1-2H3. The van der Waals surface area contributed by atoms with Crippen LogP contribution in [-0.2, 0) is 27.4 Å². The van der Waals surface area contributed by atoms with Gasteiger partial charge in [-0.15, -0.1) is 0 Å². The third-order valence-corrected chi connectivity index (χ3v) is 6.75. The van der Waals surface area contributed by atoms with Crippen molar-refractivity contribution < 1.29 is 18.6 Å². The Balaban J connectivity index is 1.57. The van der Waals surface area contributed by atoms with Crippen LogP contribution in [-0.4, -0.2) is 60.6 Å². The monoisotopic (exact) mass is 444 g/mol. The lowest BCUT2D eigenvalue weighted by Gasteiger charge is -2.42. The van der Waals surface area contributed by atoms with Gasteiger partial charge in [0.05, 0.1) is 26.0 Å². The molecule has 0 amide bonds. The fourth-order valence-electron chi connectivity index (χ4n) is 3.87.